The minimum absolute atomic E-state index is 0.265. The second-order valence-corrected chi connectivity index (χ2v) is 11.4. The number of nitrogens with one attached hydrogen (secondary N) is 1. The Bertz CT molecular complexity index is 498. The number of hydrogen-bond acceptors (Lipinski definition) is 4. The van der Waals surface area contributed by atoms with Crippen LogP contribution in [0.15, 0.2) is 18.5 Å². The lowest BCUT2D eigenvalue weighted by molar-refractivity contribution is 0.168. The Labute approximate surface area is 134 Å². The van der Waals surface area contributed by atoms with E-state index in [0.717, 1.165) is 11.6 Å². The average Bonchev–Trinajstić information content (AvgIpc) is 2.34. The molecule has 0 saturated carbocycles. The molecule has 0 spiro atoms. The first-order chi connectivity index (χ1) is 10.1. The molecule has 1 aromatic heterocycles. The third-order valence-corrected chi connectivity index (χ3v) is 5.74. The van der Waals surface area contributed by atoms with Crippen LogP contribution < -0.4 is 5.32 Å². The lowest BCUT2D eigenvalue weighted by atomic mass is 10.0. The van der Waals surface area contributed by atoms with Gasteiger partial charge < -0.3 is 9.16 Å². The van der Waals surface area contributed by atoms with Gasteiger partial charge in [-0.2, -0.15) is 0 Å². The van der Waals surface area contributed by atoms with Crippen molar-refractivity contribution in [2.45, 2.75) is 53.4 Å². The molecular weight excluding hydrogens is 296 g/mol. The minimum Gasteiger partial charge on any atom is -0.450 e. The van der Waals surface area contributed by atoms with Crippen molar-refractivity contribution in [1.82, 2.24) is 4.98 Å². The van der Waals surface area contributed by atoms with Crippen molar-refractivity contribution in [2.75, 3.05) is 11.9 Å². The van der Waals surface area contributed by atoms with Crippen LogP contribution >= 0.6 is 0 Å². The van der Waals surface area contributed by atoms with Gasteiger partial charge in [-0.25, -0.2) is 4.79 Å². The van der Waals surface area contributed by atoms with Crippen molar-refractivity contribution in [2.24, 2.45) is 5.41 Å². The summed E-state index contributed by atoms with van der Waals surface area (Å²) in [6.45, 7) is 13.8. The summed E-state index contributed by atoms with van der Waals surface area (Å²) in [6, 6.07) is 2.96. The molecule has 0 saturated heterocycles. The van der Waals surface area contributed by atoms with Gasteiger partial charge in [0.25, 0.3) is 0 Å². The summed E-state index contributed by atoms with van der Waals surface area (Å²) < 4.78 is 11.0. The zero-order chi connectivity index (χ0) is 16.8. The fraction of sp³-hybridized carbons (Fsp3) is 0.625. The first-order valence-corrected chi connectivity index (χ1v) is 10.7. The maximum absolute atomic E-state index is 11.4. The smallest absolute Gasteiger partial charge is 0.411 e. The maximum Gasteiger partial charge on any atom is 0.411 e. The molecule has 1 rings (SSSR count). The summed E-state index contributed by atoms with van der Waals surface area (Å²) in [5, 5.41) is 2.65. The number of aromatic nitrogens is 1. The van der Waals surface area contributed by atoms with Gasteiger partial charge in [0.1, 0.15) is 0 Å². The van der Waals surface area contributed by atoms with E-state index in [1.807, 2.05) is 6.07 Å². The van der Waals surface area contributed by atoms with Crippen LogP contribution in [0.2, 0.25) is 19.1 Å². The van der Waals surface area contributed by atoms with E-state index in [1.165, 1.54) is 0 Å². The normalized spacial score (nSPS) is 12.1. The first-order valence-electron chi connectivity index (χ1n) is 7.63. The topological polar surface area (TPSA) is 60.5 Å². The van der Waals surface area contributed by atoms with E-state index in [2.05, 4.69) is 44.2 Å². The van der Waals surface area contributed by atoms with Gasteiger partial charge in [-0.15, -0.1) is 0 Å². The molecule has 0 fully saturated rings. The molecule has 0 aliphatic carbocycles. The van der Waals surface area contributed by atoms with Gasteiger partial charge in [-0.3, -0.25) is 10.3 Å². The molecule has 0 atom stereocenters. The molecule has 22 heavy (non-hydrogen) atoms. The molecule has 5 nitrogen and oxygen atoms in total. The summed E-state index contributed by atoms with van der Waals surface area (Å²) in [5.41, 5.74) is 1.83. The minimum atomic E-state index is -1.72. The van der Waals surface area contributed by atoms with E-state index in [0.29, 0.717) is 18.9 Å². The van der Waals surface area contributed by atoms with Crippen molar-refractivity contribution in [1.29, 1.82) is 0 Å². The molecule has 1 aromatic rings. The first kappa shape index (κ1) is 18.6. The third kappa shape index (κ3) is 7.56. The molecule has 124 valence electrons. The van der Waals surface area contributed by atoms with Crippen LogP contribution in [-0.2, 0) is 15.8 Å². The lowest BCUT2D eigenvalue weighted by Crippen LogP contribution is -2.34. The largest absolute Gasteiger partial charge is 0.450 e. The molecule has 0 aliphatic heterocycles. The fourth-order valence-electron chi connectivity index (χ4n) is 2.53. The van der Waals surface area contributed by atoms with Gasteiger partial charge in [-0.05, 0) is 43.1 Å². The number of hydrogen-bond donors (Lipinski definition) is 1. The van der Waals surface area contributed by atoms with Gasteiger partial charge in [0.2, 0.25) is 0 Å². The van der Waals surface area contributed by atoms with Crippen molar-refractivity contribution in [3.05, 3.63) is 24.0 Å². The van der Waals surface area contributed by atoms with Gasteiger partial charge in [0.15, 0.2) is 8.32 Å². The Kier molecular flexibility index (Phi) is 6.56. The summed E-state index contributed by atoms with van der Waals surface area (Å²) in [4.78, 5) is 15.6. The quantitative estimate of drug-likeness (QED) is 0.787. The number of rotatable bonds is 6. The summed E-state index contributed by atoms with van der Waals surface area (Å²) in [6.07, 6.45) is 2.89. The molecule has 1 N–H and O–H groups in total. The lowest BCUT2D eigenvalue weighted by Gasteiger charge is -2.30. The number of ether oxygens (including phenoxy) is 1. The molecule has 0 unspecified atom stereocenters. The summed E-state index contributed by atoms with van der Waals surface area (Å²) >= 11 is 0. The van der Waals surface area contributed by atoms with Crippen LogP contribution in [0.4, 0.5) is 10.5 Å². The molecule has 1 heterocycles. The number of amides is 1. The molecule has 0 radical (unpaired) electrons. The Morgan fingerprint density at radius 3 is 2.59 bits per heavy atom. The highest BCUT2D eigenvalue weighted by atomic mass is 28.4. The summed E-state index contributed by atoms with van der Waals surface area (Å²) in [7, 11) is -1.72. The predicted octanol–water partition coefficient (Wildman–Crippen LogP) is 4.42. The Morgan fingerprint density at radius 1 is 1.32 bits per heavy atom. The number of carbonyl (C=O) groups excluding carboxylic acids is 1. The standard InChI is InChI=1S/C16H28N2O3Si/c1-7-20-15(19)18-14-8-13(9-17-10-14)11-21-22(5,6)12-16(2,3)4/h8-10H,7,11-12H2,1-6H3,(H,18,19). The van der Waals surface area contributed by atoms with E-state index in [-0.39, 0.29) is 5.41 Å². The summed E-state index contributed by atoms with van der Waals surface area (Å²) in [5.74, 6) is 0. The molecular formula is C16H28N2O3Si. The van der Waals surface area contributed by atoms with Crippen molar-refractivity contribution in [3.63, 3.8) is 0 Å². The van der Waals surface area contributed by atoms with Gasteiger partial charge in [-0.1, -0.05) is 20.8 Å². The fourth-order valence-corrected chi connectivity index (χ4v) is 5.74. The monoisotopic (exact) mass is 324 g/mol. The predicted molar refractivity (Wildman–Crippen MR) is 91.4 cm³/mol. The van der Waals surface area contributed by atoms with E-state index < -0.39 is 14.4 Å². The van der Waals surface area contributed by atoms with Crippen LogP contribution in [0.1, 0.15) is 33.3 Å². The second kappa shape index (κ2) is 7.74. The Hall–Kier alpha value is -1.40. The second-order valence-electron chi connectivity index (χ2n) is 7.21. The van der Waals surface area contributed by atoms with E-state index in [4.69, 9.17) is 9.16 Å². The van der Waals surface area contributed by atoms with Crippen LogP contribution in [-0.4, -0.2) is 26.0 Å². The molecule has 0 bridgehead atoms. The average molecular weight is 324 g/mol. The highest BCUT2D eigenvalue weighted by Gasteiger charge is 2.29. The zero-order valence-corrected chi connectivity index (χ0v) is 15.5. The van der Waals surface area contributed by atoms with Crippen molar-refractivity contribution in [3.8, 4) is 0 Å². The maximum atomic E-state index is 11.4. The molecule has 1 amide bonds. The van der Waals surface area contributed by atoms with Crippen LogP contribution in [0.3, 0.4) is 0 Å². The van der Waals surface area contributed by atoms with E-state index in [1.54, 1.807) is 19.3 Å². The van der Waals surface area contributed by atoms with Crippen LogP contribution in [0.25, 0.3) is 0 Å². The number of carbonyl (C=O) groups is 1. The van der Waals surface area contributed by atoms with Crippen molar-refractivity contribution >= 4 is 20.1 Å². The van der Waals surface area contributed by atoms with Crippen LogP contribution in [0, 0.1) is 5.41 Å². The SMILES string of the molecule is CCOC(=O)Nc1cncc(CO[Si](C)(C)CC(C)(C)C)c1. The zero-order valence-electron chi connectivity index (χ0n) is 14.5. The number of pyridine rings is 1. The molecule has 0 aliphatic rings. The van der Waals surface area contributed by atoms with Crippen LogP contribution in [0.5, 0.6) is 0 Å². The number of nitrogens with zero attached hydrogens (tertiary/aromatic N) is 1. The highest BCUT2D eigenvalue weighted by molar-refractivity contribution is 6.71. The van der Waals surface area contributed by atoms with Gasteiger partial charge >= 0.3 is 6.09 Å². The van der Waals surface area contributed by atoms with Crippen molar-refractivity contribution < 1.29 is 14.0 Å². The Morgan fingerprint density at radius 2 is 2.00 bits per heavy atom. The van der Waals surface area contributed by atoms with E-state index >= 15 is 0 Å². The number of anilines is 1. The molecule has 6 heteroatoms. The van der Waals surface area contributed by atoms with E-state index in [9.17, 15) is 4.79 Å². The Balaban J connectivity index is 2.61. The van der Waals surface area contributed by atoms with Gasteiger partial charge in [0.05, 0.1) is 25.1 Å². The van der Waals surface area contributed by atoms with Gasteiger partial charge in [0, 0.05) is 6.20 Å². The highest BCUT2D eigenvalue weighted by Crippen LogP contribution is 2.28. The molecule has 0 aromatic carbocycles. The third-order valence-electron chi connectivity index (χ3n) is 2.90.